The zero-order chi connectivity index (χ0) is 18.5. The first kappa shape index (κ1) is 17.5. The van der Waals surface area contributed by atoms with Gasteiger partial charge in [-0.1, -0.05) is 19.9 Å². The van der Waals surface area contributed by atoms with E-state index in [0.29, 0.717) is 22.8 Å². The molecule has 7 heteroatoms. The van der Waals surface area contributed by atoms with Crippen LogP contribution in [0.1, 0.15) is 35.9 Å². The van der Waals surface area contributed by atoms with E-state index in [-0.39, 0.29) is 17.4 Å². The molecule has 1 atom stereocenters. The van der Waals surface area contributed by atoms with Crippen LogP contribution in [-0.4, -0.2) is 25.8 Å². The van der Waals surface area contributed by atoms with Gasteiger partial charge >= 0.3 is 0 Å². The summed E-state index contributed by atoms with van der Waals surface area (Å²) < 4.78 is 0. The summed E-state index contributed by atoms with van der Waals surface area (Å²) in [5, 5.41) is 2.94. The van der Waals surface area contributed by atoms with Crippen LogP contribution in [0.4, 0.5) is 0 Å². The summed E-state index contributed by atoms with van der Waals surface area (Å²) >= 11 is 0. The average molecular weight is 349 g/mol. The zero-order valence-corrected chi connectivity index (χ0v) is 14.5. The van der Waals surface area contributed by atoms with Gasteiger partial charge in [0.05, 0.1) is 17.3 Å². The molecular weight excluding hydrogens is 330 g/mol. The minimum atomic E-state index is -0.424. The Balaban J connectivity index is 1.95. The number of amides is 1. The minimum Gasteiger partial charge on any atom is -0.343 e. The number of aromatic amines is 1. The summed E-state index contributed by atoms with van der Waals surface area (Å²) in [5.41, 5.74) is 1.21. The highest BCUT2D eigenvalue weighted by Gasteiger charge is 2.22. The zero-order valence-electron chi connectivity index (χ0n) is 14.5. The van der Waals surface area contributed by atoms with Crippen LogP contribution in [0, 0.1) is 5.92 Å². The van der Waals surface area contributed by atoms with E-state index in [1.54, 1.807) is 36.7 Å². The summed E-state index contributed by atoms with van der Waals surface area (Å²) in [5.74, 6) is 0.133. The average Bonchev–Trinajstić information content (AvgIpc) is 2.66. The van der Waals surface area contributed by atoms with Crippen LogP contribution in [0.15, 0.2) is 59.8 Å². The number of hydrogen-bond acceptors (Lipinski definition) is 5. The molecule has 1 amide bonds. The van der Waals surface area contributed by atoms with Crippen molar-refractivity contribution in [1.29, 1.82) is 0 Å². The lowest BCUT2D eigenvalue weighted by molar-refractivity contribution is 0.0924. The molecular formula is C19H19N5O2. The van der Waals surface area contributed by atoms with E-state index in [0.717, 1.165) is 0 Å². The van der Waals surface area contributed by atoms with Crippen molar-refractivity contribution in [2.75, 3.05) is 0 Å². The number of aromatic nitrogens is 4. The van der Waals surface area contributed by atoms with Crippen molar-refractivity contribution in [1.82, 2.24) is 25.3 Å². The van der Waals surface area contributed by atoms with Gasteiger partial charge in [0.2, 0.25) is 0 Å². The molecule has 0 aliphatic heterocycles. The molecule has 0 spiro atoms. The van der Waals surface area contributed by atoms with Gasteiger partial charge in [-0.05, 0) is 30.2 Å². The molecule has 3 aromatic heterocycles. The summed E-state index contributed by atoms with van der Waals surface area (Å²) in [7, 11) is 0. The second kappa shape index (κ2) is 7.69. The van der Waals surface area contributed by atoms with Crippen LogP contribution in [-0.2, 0) is 0 Å². The third-order valence-corrected chi connectivity index (χ3v) is 3.86. The van der Waals surface area contributed by atoms with Crippen molar-refractivity contribution in [3.05, 3.63) is 76.6 Å². The van der Waals surface area contributed by atoms with Gasteiger partial charge in [-0.25, -0.2) is 4.98 Å². The molecule has 3 rings (SSSR count). The predicted octanol–water partition coefficient (Wildman–Crippen LogP) is 2.35. The molecule has 7 nitrogen and oxygen atoms in total. The Morgan fingerprint density at radius 3 is 2.65 bits per heavy atom. The van der Waals surface area contributed by atoms with Gasteiger partial charge in [-0.15, -0.1) is 0 Å². The maximum absolute atomic E-state index is 12.5. The molecule has 0 aliphatic rings. The third kappa shape index (κ3) is 4.00. The fraction of sp³-hybridized carbons (Fsp3) is 0.211. The van der Waals surface area contributed by atoms with Crippen LogP contribution in [0.2, 0.25) is 0 Å². The van der Waals surface area contributed by atoms with Crippen molar-refractivity contribution in [2.45, 2.75) is 19.9 Å². The first-order chi connectivity index (χ1) is 12.5. The lowest BCUT2D eigenvalue weighted by atomic mass is 10.00. The van der Waals surface area contributed by atoms with Gasteiger partial charge in [0.1, 0.15) is 5.69 Å². The largest absolute Gasteiger partial charge is 0.343 e. The Labute approximate surface area is 150 Å². The molecule has 2 N–H and O–H groups in total. The van der Waals surface area contributed by atoms with Crippen LogP contribution in [0.25, 0.3) is 11.5 Å². The molecule has 0 radical (unpaired) electrons. The van der Waals surface area contributed by atoms with E-state index in [1.165, 1.54) is 12.3 Å². The van der Waals surface area contributed by atoms with Crippen molar-refractivity contribution >= 4 is 5.91 Å². The van der Waals surface area contributed by atoms with E-state index in [9.17, 15) is 9.59 Å². The number of nitrogens with zero attached hydrogens (tertiary/aromatic N) is 3. The molecule has 0 aromatic carbocycles. The van der Waals surface area contributed by atoms with Crippen molar-refractivity contribution in [3.8, 4) is 11.5 Å². The first-order valence-electron chi connectivity index (χ1n) is 8.28. The van der Waals surface area contributed by atoms with E-state index in [1.807, 2.05) is 19.9 Å². The van der Waals surface area contributed by atoms with Gasteiger partial charge in [0.15, 0.2) is 5.82 Å². The normalized spacial score (nSPS) is 12.0. The summed E-state index contributed by atoms with van der Waals surface area (Å²) in [6, 6.07) is 9.73. The lowest BCUT2D eigenvalue weighted by Crippen LogP contribution is -2.33. The molecule has 3 aromatic rings. The molecule has 0 aliphatic carbocycles. The van der Waals surface area contributed by atoms with Crippen LogP contribution in [0.3, 0.4) is 0 Å². The number of rotatable bonds is 5. The Morgan fingerprint density at radius 2 is 2.00 bits per heavy atom. The summed E-state index contributed by atoms with van der Waals surface area (Å²) in [6.07, 6.45) is 4.73. The van der Waals surface area contributed by atoms with E-state index >= 15 is 0 Å². The maximum Gasteiger partial charge on any atom is 0.253 e. The SMILES string of the molecule is CC(C)[C@@H](NC(=O)c1cccnc1)c1cc(=O)[nH]c(-c2ccccn2)n1. The number of carbonyl (C=O) groups excluding carboxylic acids is 1. The highest BCUT2D eigenvalue weighted by Crippen LogP contribution is 2.21. The van der Waals surface area contributed by atoms with Gasteiger partial charge in [-0.3, -0.25) is 19.6 Å². The fourth-order valence-corrected chi connectivity index (χ4v) is 2.56. The van der Waals surface area contributed by atoms with E-state index < -0.39 is 6.04 Å². The summed E-state index contributed by atoms with van der Waals surface area (Å²) in [6.45, 7) is 3.91. The quantitative estimate of drug-likeness (QED) is 0.736. The fourth-order valence-electron chi connectivity index (χ4n) is 2.56. The maximum atomic E-state index is 12.5. The van der Waals surface area contributed by atoms with Gasteiger partial charge in [0.25, 0.3) is 11.5 Å². The number of pyridine rings is 2. The second-order valence-electron chi connectivity index (χ2n) is 6.17. The van der Waals surface area contributed by atoms with Gasteiger partial charge in [0, 0.05) is 24.7 Å². The van der Waals surface area contributed by atoms with Crippen LogP contribution >= 0.6 is 0 Å². The van der Waals surface area contributed by atoms with Crippen molar-refractivity contribution in [2.24, 2.45) is 5.92 Å². The summed E-state index contributed by atoms with van der Waals surface area (Å²) in [4.78, 5) is 40.0. The number of hydrogen-bond donors (Lipinski definition) is 2. The third-order valence-electron chi connectivity index (χ3n) is 3.86. The molecule has 0 bridgehead atoms. The Morgan fingerprint density at radius 1 is 1.15 bits per heavy atom. The van der Waals surface area contributed by atoms with E-state index in [4.69, 9.17) is 0 Å². The number of H-pyrrole nitrogens is 1. The number of carbonyl (C=O) groups is 1. The first-order valence-corrected chi connectivity index (χ1v) is 8.28. The van der Waals surface area contributed by atoms with E-state index in [2.05, 4.69) is 25.3 Å². The molecule has 0 saturated carbocycles. The molecule has 0 fully saturated rings. The predicted molar refractivity (Wildman–Crippen MR) is 97.4 cm³/mol. The highest BCUT2D eigenvalue weighted by molar-refractivity contribution is 5.94. The monoisotopic (exact) mass is 349 g/mol. The lowest BCUT2D eigenvalue weighted by Gasteiger charge is -2.22. The Kier molecular flexibility index (Phi) is 5.17. The smallest absolute Gasteiger partial charge is 0.253 e. The van der Waals surface area contributed by atoms with Crippen molar-refractivity contribution in [3.63, 3.8) is 0 Å². The molecule has 0 saturated heterocycles. The molecule has 132 valence electrons. The minimum absolute atomic E-state index is 0.0292. The highest BCUT2D eigenvalue weighted by atomic mass is 16.1. The standard InChI is InChI=1S/C19H19N5O2/c1-12(2)17(24-19(26)13-6-5-8-20-11-13)15-10-16(25)23-18(22-15)14-7-3-4-9-21-14/h3-12,17H,1-2H3,(H,24,26)(H,22,23,25)/t17-/m1/s1. The van der Waals surface area contributed by atoms with Crippen LogP contribution < -0.4 is 10.9 Å². The van der Waals surface area contributed by atoms with Crippen molar-refractivity contribution < 1.29 is 4.79 Å². The topological polar surface area (TPSA) is 101 Å². The Bertz CT molecular complexity index is 939. The molecule has 3 heterocycles. The molecule has 26 heavy (non-hydrogen) atoms. The van der Waals surface area contributed by atoms with Gasteiger partial charge in [-0.2, -0.15) is 0 Å². The number of nitrogens with one attached hydrogen (secondary N) is 2. The Hall–Kier alpha value is -3.35. The van der Waals surface area contributed by atoms with Crippen LogP contribution in [0.5, 0.6) is 0 Å². The molecule has 0 unspecified atom stereocenters. The van der Waals surface area contributed by atoms with Gasteiger partial charge < -0.3 is 10.3 Å². The second-order valence-corrected chi connectivity index (χ2v) is 6.17.